The van der Waals surface area contributed by atoms with Crippen molar-refractivity contribution in [1.82, 2.24) is 5.32 Å². The maximum atomic E-state index is 10.5. The minimum Gasteiger partial charge on any atom is -0.389 e. The monoisotopic (exact) mass is 243 g/mol. The molecule has 0 bridgehead atoms. The van der Waals surface area contributed by atoms with Gasteiger partial charge in [0.2, 0.25) is 0 Å². The maximum Gasteiger partial charge on any atom is 0.0773 e. The molecule has 0 radical (unpaired) electrons. The van der Waals surface area contributed by atoms with Crippen molar-refractivity contribution in [3.8, 4) is 0 Å². The Morgan fingerprint density at radius 2 is 2.06 bits per heavy atom. The van der Waals surface area contributed by atoms with Crippen LogP contribution in [-0.4, -0.2) is 49.7 Å². The predicted molar refractivity (Wildman–Crippen MR) is 66.0 cm³/mol. The number of hydrogen-bond donors (Lipinski definition) is 2. The lowest BCUT2D eigenvalue weighted by atomic mass is 9.74. The Labute approximate surface area is 104 Å². The number of ether oxygens (including phenoxy) is 2. The molecule has 4 heteroatoms. The molecule has 4 nitrogen and oxygen atoms in total. The van der Waals surface area contributed by atoms with Crippen molar-refractivity contribution in [2.24, 2.45) is 5.92 Å². The zero-order valence-corrected chi connectivity index (χ0v) is 11.0. The summed E-state index contributed by atoms with van der Waals surface area (Å²) in [6.45, 7) is 4.93. The van der Waals surface area contributed by atoms with Crippen molar-refractivity contribution >= 4 is 0 Å². The van der Waals surface area contributed by atoms with E-state index < -0.39 is 5.60 Å². The summed E-state index contributed by atoms with van der Waals surface area (Å²) in [6.07, 6.45) is 3.86. The second-order valence-corrected chi connectivity index (χ2v) is 5.72. The first kappa shape index (κ1) is 13.3. The molecule has 0 aromatic carbocycles. The van der Waals surface area contributed by atoms with Gasteiger partial charge in [0.05, 0.1) is 11.2 Å². The van der Waals surface area contributed by atoms with Gasteiger partial charge in [0, 0.05) is 26.4 Å². The highest BCUT2D eigenvalue weighted by molar-refractivity contribution is 4.95. The highest BCUT2D eigenvalue weighted by Crippen LogP contribution is 2.40. The van der Waals surface area contributed by atoms with Gasteiger partial charge in [-0.25, -0.2) is 0 Å². The molecule has 0 amide bonds. The van der Waals surface area contributed by atoms with Gasteiger partial charge >= 0.3 is 0 Å². The molecule has 2 atom stereocenters. The highest BCUT2D eigenvalue weighted by atomic mass is 16.5. The SMILES string of the molecule is CNCC(C)(O)C1CCOC2(CCOCC2)C1. The van der Waals surface area contributed by atoms with E-state index in [1.807, 2.05) is 14.0 Å². The predicted octanol–water partition coefficient (Wildman–Crippen LogP) is 0.933. The normalized spacial score (nSPS) is 32.3. The Balaban J connectivity index is 2.00. The van der Waals surface area contributed by atoms with E-state index in [1.165, 1.54) is 0 Å². The van der Waals surface area contributed by atoms with Crippen molar-refractivity contribution in [3.63, 3.8) is 0 Å². The molecule has 0 aromatic heterocycles. The standard InChI is InChI=1S/C13H25NO3/c1-12(15,10-14-2)11-3-6-17-13(9-11)4-7-16-8-5-13/h11,14-15H,3-10H2,1-2H3. The Hall–Kier alpha value is -0.160. The van der Waals surface area contributed by atoms with E-state index >= 15 is 0 Å². The quantitative estimate of drug-likeness (QED) is 0.774. The fourth-order valence-electron chi connectivity index (χ4n) is 3.15. The van der Waals surface area contributed by atoms with E-state index in [1.54, 1.807) is 0 Å². The van der Waals surface area contributed by atoms with Gasteiger partial charge < -0.3 is 19.9 Å². The van der Waals surface area contributed by atoms with Crippen LogP contribution in [0.2, 0.25) is 0 Å². The van der Waals surface area contributed by atoms with Gasteiger partial charge in [0.1, 0.15) is 0 Å². The molecule has 17 heavy (non-hydrogen) atoms. The summed E-state index contributed by atoms with van der Waals surface area (Å²) in [6, 6.07) is 0. The van der Waals surface area contributed by atoms with Gasteiger partial charge in [-0.2, -0.15) is 0 Å². The van der Waals surface area contributed by atoms with E-state index in [9.17, 15) is 5.11 Å². The second-order valence-electron chi connectivity index (χ2n) is 5.72. The summed E-state index contributed by atoms with van der Waals surface area (Å²) in [5.74, 6) is 0.321. The lowest BCUT2D eigenvalue weighted by molar-refractivity contribution is -0.171. The van der Waals surface area contributed by atoms with Gasteiger partial charge in [-0.15, -0.1) is 0 Å². The third-order valence-electron chi connectivity index (χ3n) is 4.31. The second kappa shape index (κ2) is 5.22. The fraction of sp³-hybridized carbons (Fsp3) is 1.00. The van der Waals surface area contributed by atoms with E-state index in [0.717, 1.165) is 45.5 Å². The van der Waals surface area contributed by atoms with Gasteiger partial charge in [-0.05, 0) is 45.6 Å². The van der Waals surface area contributed by atoms with Crippen molar-refractivity contribution in [2.45, 2.75) is 43.8 Å². The van der Waals surface area contributed by atoms with E-state index in [0.29, 0.717) is 12.5 Å². The van der Waals surface area contributed by atoms with Crippen molar-refractivity contribution in [2.75, 3.05) is 33.4 Å². The van der Waals surface area contributed by atoms with Gasteiger partial charge in [0.25, 0.3) is 0 Å². The van der Waals surface area contributed by atoms with Crippen LogP contribution in [0.4, 0.5) is 0 Å². The number of rotatable bonds is 3. The average molecular weight is 243 g/mol. The number of likely N-dealkylation sites (N-methyl/N-ethyl adjacent to an activating group) is 1. The summed E-state index contributed by atoms with van der Waals surface area (Å²) in [5.41, 5.74) is -0.664. The van der Waals surface area contributed by atoms with E-state index in [4.69, 9.17) is 9.47 Å². The Morgan fingerprint density at radius 3 is 2.71 bits per heavy atom. The molecule has 2 aliphatic heterocycles. The first-order chi connectivity index (χ1) is 8.08. The molecule has 0 aromatic rings. The van der Waals surface area contributed by atoms with E-state index in [2.05, 4.69) is 5.32 Å². The fourth-order valence-corrected chi connectivity index (χ4v) is 3.15. The van der Waals surface area contributed by atoms with Crippen molar-refractivity contribution in [3.05, 3.63) is 0 Å². The van der Waals surface area contributed by atoms with Gasteiger partial charge in [-0.1, -0.05) is 0 Å². The molecule has 0 saturated carbocycles. The van der Waals surface area contributed by atoms with Crippen LogP contribution in [0.5, 0.6) is 0 Å². The van der Waals surface area contributed by atoms with Crippen LogP contribution in [0.25, 0.3) is 0 Å². The molecule has 0 aliphatic carbocycles. The van der Waals surface area contributed by atoms with Crippen LogP contribution in [0, 0.1) is 5.92 Å². The Kier molecular flexibility index (Phi) is 4.08. The van der Waals surface area contributed by atoms with Crippen LogP contribution in [-0.2, 0) is 9.47 Å². The van der Waals surface area contributed by atoms with E-state index in [-0.39, 0.29) is 5.60 Å². The van der Waals surface area contributed by atoms with Crippen LogP contribution >= 0.6 is 0 Å². The van der Waals surface area contributed by atoms with Crippen LogP contribution < -0.4 is 5.32 Å². The third-order valence-corrected chi connectivity index (χ3v) is 4.31. The first-order valence-electron chi connectivity index (χ1n) is 6.67. The molecular weight excluding hydrogens is 218 g/mol. The first-order valence-corrected chi connectivity index (χ1v) is 6.67. The number of aliphatic hydroxyl groups is 1. The van der Waals surface area contributed by atoms with Gasteiger partial charge in [-0.3, -0.25) is 0 Å². The Bertz CT molecular complexity index is 244. The zero-order chi connectivity index (χ0) is 12.4. The molecule has 100 valence electrons. The largest absolute Gasteiger partial charge is 0.389 e. The smallest absolute Gasteiger partial charge is 0.0773 e. The maximum absolute atomic E-state index is 10.5. The van der Waals surface area contributed by atoms with Crippen LogP contribution in [0.3, 0.4) is 0 Å². The molecule has 2 aliphatic rings. The molecule has 2 heterocycles. The summed E-state index contributed by atoms with van der Waals surface area (Å²) >= 11 is 0. The lowest BCUT2D eigenvalue weighted by Crippen LogP contribution is -2.52. The average Bonchev–Trinajstić information content (AvgIpc) is 2.30. The van der Waals surface area contributed by atoms with Crippen LogP contribution in [0.15, 0.2) is 0 Å². The molecule has 2 unspecified atom stereocenters. The molecular formula is C13H25NO3. The molecule has 2 saturated heterocycles. The minimum absolute atomic E-state index is 0.0289. The van der Waals surface area contributed by atoms with Crippen molar-refractivity contribution in [1.29, 1.82) is 0 Å². The summed E-state index contributed by atoms with van der Waals surface area (Å²) in [5, 5.41) is 13.6. The molecule has 2 rings (SSSR count). The molecule has 1 spiro atoms. The minimum atomic E-state index is -0.635. The summed E-state index contributed by atoms with van der Waals surface area (Å²) in [7, 11) is 1.89. The number of nitrogens with one attached hydrogen (secondary N) is 1. The zero-order valence-electron chi connectivity index (χ0n) is 11.0. The third kappa shape index (κ3) is 2.99. The molecule has 2 N–H and O–H groups in total. The number of hydrogen-bond acceptors (Lipinski definition) is 4. The molecule has 2 fully saturated rings. The Morgan fingerprint density at radius 1 is 1.35 bits per heavy atom. The summed E-state index contributed by atoms with van der Waals surface area (Å²) in [4.78, 5) is 0. The van der Waals surface area contributed by atoms with Crippen LogP contribution in [0.1, 0.15) is 32.6 Å². The topological polar surface area (TPSA) is 50.7 Å². The van der Waals surface area contributed by atoms with Gasteiger partial charge in [0.15, 0.2) is 0 Å². The van der Waals surface area contributed by atoms with Crippen molar-refractivity contribution < 1.29 is 14.6 Å². The lowest BCUT2D eigenvalue weighted by Gasteiger charge is -2.47. The summed E-state index contributed by atoms with van der Waals surface area (Å²) < 4.78 is 11.4. The highest BCUT2D eigenvalue weighted by Gasteiger charge is 2.44.